The van der Waals surface area contributed by atoms with Crippen LogP contribution in [0, 0.1) is 11.8 Å². The van der Waals surface area contributed by atoms with Crippen molar-refractivity contribution in [2.24, 2.45) is 18.9 Å². The van der Waals surface area contributed by atoms with Gasteiger partial charge >= 0.3 is 0 Å². The molecule has 0 bridgehead atoms. The summed E-state index contributed by atoms with van der Waals surface area (Å²) >= 11 is 1.96. The first-order valence-corrected chi connectivity index (χ1v) is 6.08. The largest absolute Gasteiger partial charge is 0.304 e. The molecular weight excluding hydrogens is 178 g/mol. The Morgan fingerprint density at radius 1 is 1.46 bits per heavy atom. The van der Waals surface area contributed by atoms with Crippen LogP contribution in [0.1, 0.15) is 38.3 Å². The van der Waals surface area contributed by atoms with Crippen molar-refractivity contribution in [2.75, 3.05) is 0 Å². The van der Waals surface area contributed by atoms with Crippen LogP contribution in [-0.2, 0) is 18.9 Å². The first kappa shape index (κ1) is 9.32. The van der Waals surface area contributed by atoms with Gasteiger partial charge in [-0.15, -0.1) is 0 Å². The van der Waals surface area contributed by atoms with E-state index in [-0.39, 0.29) is 0 Å². The summed E-state index contributed by atoms with van der Waals surface area (Å²) in [7, 11) is 2.18. The van der Waals surface area contributed by atoms with Crippen LogP contribution >= 0.6 is 11.5 Å². The molecule has 2 aliphatic carbocycles. The van der Waals surface area contributed by atoms with Crippen molar-refractivity contribution >= 4 is 11.5 Å². The van der Waals surface area contributed by atoms with Gasteiger partial charge in [-0.1, -0.05) is 39.2 Å². The number of rotatable bonds is 0. The van der Waals surface area contributed by atoms with Gasteiger partial charge in [-0.25, -0.2) is 0 Å². The Morgan fingerprint density at radius 2 is 2.08 bits per heavy atom. The molecule has 1 aromatic rings. The minimum Gasteiger partial charge on any atom is -0.304 e. The van der Waals surface area contributed by atoms with Gasteiger partial charge in [0.2, 0.25) is 0 Å². The van der Waals surface area contributed by atoms with Crippen LogP contribution < -0.4 is 0 Å². The zero-order valence-electron chi connectivity index (χ0n) is 9.22. The third-order valence-corrected chi connectivity index (χ3v) is 5.34. The second-order valence-corrected chi connectivity index (χ2v) is 5.39. The monoisotopic (exact) mass is 197 g/mol. The molecular formula is C11H19NS. The smallest absolute Gasteiger partial charge is 0.0486 e. The molecule has 2 heteroatoms. The lowest BCUT2D eigenvalue weighted by Gasteiger charge is -2.18. The van der Waals surface area contributed by atoms with E-state index in [2.05, 4.69) is 24.9 Å². The average Bonchev–Trinajstić information content (AvgIpc) is 2.52. The highest BCUT2D eigenvalue weighted by molar-refractivity contribution is 7.08. The molecule has 1 nitrogen and oxygen atoms in total. The molecule has 0 aromatic carbocycles. The second-order valence-electron chi connectivity index (χ2n) is 4.25. The molecule has 0 N–H and O–H groups in total. The van der Waals surface area contributed by atoms with E-state index < -0.39 is 0 Å². The third kappa shape index (κ3) is 0.876. The molecule has 13 heavy (non-hydrogen) atoms. The van der Waals surface area contributed by atoms with Gasteiger partial charge in [0.1, 0.15) is 0 Å². The highest BCUT2D eigenvalue weighted by atomic mass is 32.1. The summed E-state index contributed by atoms with van der Waals surface area (Å²) < 4.78 is 2.33. The molecule has 3 atom stereocenters. The molecule has 0 saturated heterocycles. The van der Waals surface area contributed by atoms with E-state index in [0.717, 1.165) is 11.8 Å². The molecule has 74 valence electrons. The summed E-state index contributed by atoms with van der Waals surface area (Å²) in [6, 6.07) is 0. The lowest BCUT2D eigenvalue weighted by Crippen LogP contribution is -2.11. The van der Waals surface area contributed by atoms with E-state index in [4.69, 9.17) is 0 Å². The maximum absolute atomic E-state index is 2.44. The fraction of sp³-hybridized carbons (Fsp3) is 0.818. The van der Waals surface area contributed by atoms with Crippen LogP contribution in [0.5, 0.6) is 0 Å². The average molecular weight is 197 g/mol. The molecule has 1 saturated carbocycles. The Bertz CT molecular complexity index is 323. The van der Waals surface area contributed by atoms with Crippen LogP contribution in [0.25, 0.3) is 0 Å². The van der Waals surface area contributed by atoms with E-state index in [1.165, 1.54) is 6.42 Å². The van der Waals surface area contributed by atoms with Crippen molar-refractivity contribution in [1.82, 2.24) is 3.96 Å². The van der Waals surface area contributed by atoms with Crippen LogP contribution in [0.3, 0.4) is 0 Å². The molecule has 0 radical (unpaired) electrons. The zero-order chi connectivity index (χ0) is 9.80. The molecule has 1 aromatic heterocycles. The van der Waals surface area contributed by atoms with Gasteiger partial charge in [0.25, 0.3) is 0 Å². The molecule has 0 amide bonds. The molecule has 1 heterocycles. The van der Waals surface area contributed by atoms with E-state index >= 15 is 0 Å². The zero-order valence-corrected chi connectivity index (χ0v) is 10.0. The predicted molar refractivity (Wildman–Crippen MR) is 58.3 cm³/mol. The third-order valence-electron chi connectivity index (χ3n) is 3.98. The number of hydrogen-bond donors (Lipinski definition) is 0. The number of fused-ring (bicyclic) bond motifs is 3. The second kappa shape index (κ2) is 2.63. The minimum atomic E-state index is 0.618. The molecule has 3 unspecified atom stereocenters. The van der Waals surface area contributed by atoms with Crippen molar-refractivity contribution in [3.8, 4) is 0 Å². The van der Waals surface area contributed by atoms with Crippen molar-refractivity contribution in [3.63, 3.8) is 0 Å². The quantitative estimate of drug-likeness (QED) is 0.602. The summed E-state index contributed by atoms with van der Waals surface area (Å²) in [6.45, 7) is 8.83. The van der Waals surface area contributed by atoms with Crippen LogP contribution in [0.4, 0.5) is 0 Å². The van der Waals surface area contributed by atoms with Gasteiger partial charge in [-0.2, -0.15) is 0 Å². The Morgan fingerprint density at radius 3 is 2.54 bits per heavy atom. The van der Waals surface area contributed by atoms with Crippen molar-refractivity contribution in [3.05, 3.63) is 10.6 Å². The van der Waals surface area contributed by atoms with Crippen molar-refractivity contribution in [2.45, 2.75) is 39.5 Å². The Hall–Kier alpha value is -0.240. The fourth-order valence-corrected chi connectivity index (χ4v) is 4.06. The lowest BCUT2D eigenvalue weighted by molar-refractivity contribution is 0.696. The summed E-state index contributed by atoms with van der Waals surface area (Å²) in [4.78, 5) is 1.71. The standard InChI is InChI=1S/C9H13NS.C2H6/c1-5-6-4-7-8(9(5,6)2)11-10(7)3;1-2/h5-6H,4H2,1-3H3;1-2H3. The maximum atomic E-state index is 2.44. The van der Waals surface area contributed by atoms with Gasteiger partial charge in [0.05, 0.1) is 0 Å². The van der Waals surface area contributed by atoms with E-state index in [1.807, 2.05) is 25.4 Å². The van der Waals surface area contributed by atoms with Crippen LogP contribution in [-0.4, -0.2) is 3.96 Å². The minimum absolute atomic E-state index is 0.618. The number of aryl methyl sites for hydroxylation is 1. The fourth-order valence-electron chi connectivity index (χ4n) is 2.79. The van der Waals surface area contributed by atoms with Crippen molar-refractivity contribution < 1.29 is 0 Å². The Labute approximate surface area is 84.9 Å². The van der Waals surface area contributed by atoms with Crippen LogP contribution in [0.2, 0.25) is 0 Å². The molecule has 2 aliphatic rings. The highest BCUT2D eigenvalue weighted by Gasteiger charge is 2.65. The first-order valence-electron chi connectivity index (χ1n) is 5.31. The predicted octanol–water partition coefficient (Wildman–Crippen LogP) is 3.19. The summed E-state index contributed by atoms with van der Waals surface area (Å²) in [5.74, 6) is 1.95. The number of nitrogens with zero attached hydrogens (tertiary/aromatic N) is 1. The summed E-state index contributed by atoms with van der Waals surface area (Å²) in [5.41, 5.74) is 2.26. The normalized spacial score (nSPS) is 39.2. The van der Waals surface area contributed by atoms with Gasteiger partial charge in [-0.3, -0.25) is 0 Å². The SMILES string of the molecule is CC.CC1C2Cc3c(sn3C)C12C. The molecule has 0 spiro atoms. The van der Waals surface area contributed by atoms with Crippen LogP contribution in [0.15, 0.2) is 0 Å². The molecule has 3 rings (SSSR count). The van der Waals surface area contributed by atoms with Gasteiger partial charge < -0.3 is 3.96 Å². The molecule has 0 aliphatic heterocycles. The van der Waals surface area contributed by atoms with E-state index in [1.54, 1.807) is 10.6 Å². The summed E-state index contributed by atoms with van der Waals surface area (Å²) in [6.07, 6.45) is 1.36. The van der Waals surface area contributed by atoms with E-state index in [9.17, 15) is 0 Å². The van der Waals surface area contributed by atoms with Gasteiger partial charge in [-0.05, 0) is 18.3 Å². The Balaban J connectivity index is 0.000000308. The summed E-state index contributed by atoms with van der Waals surface area (Å²) in [5, 5.41) is 0. The van der Waals surface area contributed by atoms with Crippen molar-refractivity contribution in [1.29, 1.82) is 0 Å². The van der Waals surface area contributed by atoms with Gasteiger partial charge in [0.15, 0.2) is 0 Å². The van der Waals surface area contributed by atoms with E-state index in [0.29, 0.717) is 5.41 Å². The van der Waals surface area contributed by atoms with Gasteiger partial charge in [0, 0.05) is 23.0 Å². The maximum Gasteiger partial charge on any atom is 0.0486 e. The number of hydrogen-bond acceptors (Lipinski definition) is 1. The lowest BCUT2D eigenvalue weighted by atomic mass is 10.1. The topological polar surface area (TPSA) is 4.93 Å². The molecule has 1 fully saturated rings. The first-order chi connectivity index (χ1) is 6.15. The number of aromatic nitrogens is 1. The Kier molecular flexibility index (Phi) is 1.88. The highest BCUT2D eigenvalue weighted by Crippen LogP contribution is 2.68.